The zero-order valence-electron chi connectivity index (χ0n) is 9.49. The minimum absolute atomic E-state index is 0.0175. The van der Waals surface area contributed by atoms with E-state index >= 15 is 0 Å². The van der Waals surface area contributed by atoms with E-state index in [0.717, 1.165) is 0 Å². The van der Waals surface area contributed by atoms with E-state index < -0.39 is 5.82 Å². The summed E-state index contributed by atoms with van der Waals surface area (Å²) in [6.45, 7) is 0. The van der Waals surface area contributed by atoms with Gasteiger partial charge < -0.3 is 5.73 Å². The quantitative estimate of drug-likeness (QED) is 0.680. The normalized spacial score (nSPS) is 10.3. The minimum atomic E-state index is -0.391. The lowest BCUT2D eigenvalue weighted by atomic mass is 10.0. The largest absolute Gasteiger partial charge is 0.399 e. The van der Waals surface area contributed by atoms with Gasteiger partial charge >= 0.3 is 0 Å². The maximum absolute atomic E-state index is 13.4. The van der Waals surface area contributed by atoms with Crippen molar-refractivity contribution in [3.63, 3.8) is 0 Å². The SMILES string of the molecule is Nc1ccc(C(=O)Cc2ccccc2F)c(Cl)c1. The molecule has 0 amide bonds. The first-order valence-corrected chi connectivity index (χ1v) is 5.77. The molecule has 0 aliphatic heterocycles. The number of rotatable bonds is 3. The Morgan fingerprint density at radius 2 is 1.94 bits per heavy atom. The number of carbonyl (C=O) groups excluding carboxylic acids is 1. The maximum atomic E-state index is 13.4. The molecule has 2 N–H and O–H groups in total. The van der Waals surface area contributed by atoms with Crippen molar-refractivity contribution in [2.75, 3.05) is 5.73 Å². The van der Waals surface area contributed by atoms with Crippen LogP contribution < -0.4 is 5.73 Å². The molecule has 0 unspecified atom stereocenters. The molecule has 0 fully saturated rings. The number of hydrogen-bond acceptors (Lipinski definition) is 2. The van der Waals surface area contributed by atoms with Gasteiger partial charge in [-0.2, -0.15) is 0 Å². The fraction of sp³-hybridized carbons (Fsp3) is 0.0714. The smallest absolute Gasteiger partial charge is 0.168 e. The van der Waals surface area contributed by atoms with E-state index in [2.05, 4.69) is 0 Å². The van der Waals surface area contributed by atoms with E-state index in [1.807, 2.05) is 0 Å². The topological polar surface area (TPSA) is 43.1 Å². The Morgan fingerprint density at radius 1 is 1.22 bits per heavy atom. The van der Waals surface area contributed by atoms with Crippen LogP contribution in [0.5, 0.6) is 0 Å². The fourth-order valence-corrected chi connectivity index (χ4v) is 1.96. The molecule has 0 atom stereocenters. The van der Waals surface area contributed by atoms with Gasteiger partial charge in [-0.05, 0) is 29.8 Å². The van der Waals surface area contributed by atoms with E-state index in [1.54, 1.807) is 30.3 Å². The van der Waals surface area contributed by atoms with E-state index in [4.69, 9.17) is 17.3 Å². The van der Waals surface area contributed by atoms with Gasteiger partial charge in [-0.25, -0.2) is 4.39 Å². The summed E-state index contributed by atoms with van der Waals surface area (Å²) in [6, 6.07) is 10.8. The summed E-state index contributed by atoms with van der Waals surface area (Å²) in [6.07, 6.45) is -0.0175. The van der Waals surface area contributed by atoms with Crippen LogP contribution in [-0.4, -0.2) is 5.78 Å². The van der Waals surface area contributed by atoms with Crippen molar-refractivity contribution in [3.05, 3.63) is 64.4 Å². The van der Waals surface area contributed by atoms with Gasteiger partial charge in [-0.15, -0.1) is 0 Å². The Bertz CT molecular complexity index is 598. The lowest BCUT2D eigenvalue weighted by Gasteiger charge is -2.05. The third kappa shape index (κ3) is 2.68. The van der Waals surface area contributed by atoms with E-state index in [9.17, 15) is 9.18 Å². The highest BCUT2D eigenvalue weighted by Crippen LogP contribution is 2.21. The van der Waals surface area contributed by atoms with Crippen LogP contribution in [0.2, 0.25) is 5.02 Å². The highest BCUT2D eigenvalue weighted by atomic mass is 35.5. The van der Waals surface area contributed by atoms with Crippen LogP contribution in [0.3, 0.4) is 0 Å². The van der Waals surface area contributed by atoms with Crippen molar-refractivity contribution < 1.29 is 9.18 Å². The summed E-state index contributed by atoms with van der Waals surface area (Å²) in [7, 11) is 0. The third-order valence-electron chi connectivity index (χ3n) is 2.60. The molecule has 18 heavy (non-hydrogen) atoms. The molecular formula is C14H11ClFNO. The maximum Gasteiger partial charge on any atom is 0.168 e. The molecule has 2 rings (SSSR count). The third-order valence-corrected chi connectivity index (χ3v) is 2.92. The number of nitrogen functional groups attached to an aromatic ring is 1. The number of benzene rings is 2. The first-order valence-electron chi connectivity index (χ1n) is 5.39. The number of halogens is 2. The Kier molecular flexibility index (Phi) is 3.63. The molecule has 0 bridgehead atoms. The van der Waals surface area contributed by atoms with Gasteiger partial charge in [0.15, 0.2) is 5.78 Å². The Balaban J connectivity index is 2.25. The van der Waals surface area contributed by atoms with Gasteiger partial charge in [0.2, 0.25) is 0 Å². The number of anilines is 1. The zero-order valence-corrected chi connectivity index (χ0v) is 10.2. The molecule has 2 aromatic carbocycles. The zero-order chi connectivity index (χ0) is 13.1. The molecule has 0 aliphatic carbocycles. The second-order valence-corrected chi connectivity index (χ2v) is 4.34. The lowest BCUT2D eigenvalue weighted by molar-refractivity contribution is 0.0992. The summed E-state index contributed by atoms with van der Waals surface area (Å²) < 4.78 is 13.4. The molecule has 0 saturated heterocycles. The van der Waals surface area contributed by atoms with Gasteiger partial charge in [0.05, 0.1) is 5.02 Å². The molecule has 92 valence electrons. The number of ketones is 1. The van der Waals surface area contributed by atoms with Crippen molar-refractivity contribution in [2.24, 2.45) is 0 Å². The van der Waals surface area contributed by atoms with Crippen LogP contribution in [-0.2, 0) is 6.42 Å². The van der Waals surface area contributed by atoms with E-state index in [0.29, 0.717) is 16.8 Å². The highest BCUT2D eigenvalue weighted by molar-refractivity contribution is 6.34. The first-order chi connectivity index (χ1) is 8.58. The molecule has 2 aromatic rings. The van der Waals surface area contributed by atoms with Gasteiger partial charge in [0.1, 0.15) is 5.82 Å². The Labute approximate surface area is 109 Å². The molecule has 0 heterocycles. The van der Waals surface area contributed by atoms with Crippen LogP contribution in [0.4, 0.5) is 10.1 Å². The Hall–Kier alpha value is -1.87. The summed E-state index contributed by atoms with van der Waals surface area (Å²) >= 11 is 5.94. The first kappa shape index (κ1) is 12.6. The average molecular weight is 264 g/mol. The van der Waals surface area contributed by atoms with Crippen LogP contribution in [0, 0.1) is 5.82 Å². The molecule has 0 spiro atoms. The predicted molar refractivity (Wildman–Crippen MR) is 70.3 cm³/mol. The predicted octanol–water partition coefficient (Wildman–Crippen LogP) is 3.49. The monoisotopic (exact) mass is 263 g/mol. The van der Waals surface area contributed by atoms with Crippen LogP contribution in [0.15, 0.2) is 42.5 Å². The summed E-state index contributed by atoms with van der Waals surface area (Å²) in [5.74, 6) is -0.623. The van der Waals surface area contributed by atoms with E-state index in [-0.39, 0.29) is 17.2 Å². The number of nitrogens with two attached hydrogens (primary N) is 1. The molecule has 0 radical (unpaired) electrons. The van der Waals surface area contributed by atoms with Crippen molar-refractivity contribution >= 4 is 23.1 Å². The lowest BCUT2D eigenvalue weighted by Crippen LogP contribution is -2.06. The average Bonchev–Trinajstić information content (AvgIpc) is 2.32. The van der Waals surface area contributed by atoms with Crippen LogP contribution in [0.1, 0.15) is 15.9 Å². The molecule has 0 saturated carbocycles. The van der Waals surface area contributed by atoms with Crippen LogP contribution >= 0.6 is 11.6 Å². The highest BCUT2D eigenvalue weighted by Gasteiger charge is 2.13. The van der Waals surface area contributed by atoms with Gasteiger partial charge in [-0.1, -0.05) is 29.8 Å². The minimum Gasteiger partial charge on any atom is -0.399 e. The summed E-state index contributed by atoms with van der Waals surface area (Å²) in [4.78, 5) is 12.0. The molecule has 2 nitrogen and oxygen atoms in total. The van der Waals surface area contributed by atoms with Gasteiger partial charge in [-0.3, -0.25) is 4.79 Å². The number of Topliss-reactive ketones (excluding diaryl/α,β-unsaturated/α-hetero) is 1. The van der Waals surface area contributed by atoms with Crippen molar-refractivity contribution in [2.45, 2.75) is 6.42 Å². The van der Waals surface area contributed by atoms with Gasteiger partial charge in [0, 0.05) is 17.7 Å². The van der Waals surface area contributed by atoms with E-state index in [1.165, 1.54) is 12.1 Å². The number of hydrogen-bond donors (Lipinski definition) is 1. The summed E-state index contributed by atoms with van der Waals surface area (Å²) in [5.41, 5.74) is 6.75. The molecule has 0 aromatic heterocycles. The fourth-order valence-electron chi connectivity index (χ4n) is 1.67. The van der Waals surface area contributed by atoms with Crippen molar-refractivity contribution in [3.8, 4) is 0 Å². The van der Waals surface area contributed by atoms with Crippen molar-refractivity contribution in [1.29, 1.82) is 0 Å². The van der Waals surface area contributed by atoms with Crippen LogP contribution in [0.25, 0.3) is 0 Å². The Morgan fingerprint density at radius 3 is 2.61 bits per heavy atom. The molecule has 0 aliphatic rings. The molecule has 4 heteroatoms. The van der Waals surface area contributed by atoms with Crippen molar-refractivity contribution in [1.82, 2.24) is 0 Å². The second-order valence-electron chi connectivity index (χ2n) is 3.93. The second kappa shape index (κ2) is 5.19. The standard InChI is InChI=1S/C14H11ClFNO/c15-12-8-10(17)5-6-11(12)14(18)7-9-3-1-2-4-13(9)16/h1-6,8H,7,17H2. The van der Waals surface area contributed by atoms with Gasteiger partial charge in [0.25, 0.3) is 0 Å². The number of carbonyl (C=O) groups is 1. The molecular weight excluding hydrogens is 253 g/mol. The summed E-state index contributed by atoms with van der Waals surface area (Å²) in [5, 5.41) is 0.288.